The molecule has 1 aliphatic heterocycles. The summed E-state index contributed by atoms with van der Waals surface area (Å²) in [4.78, 5) is 0. The standard InChI is InChI=1S/C19H23N2/c1-14-7-3-6-10-17(14)20-13-21-18(15(20)2)11-12-19(21)16-8-4-5-9-16/h3,6-7,10-13,16,19H,4-5,8-9H2,1-2H3/q+1/i13D,19D. The molecule has 4 rings (SSSR count). The molecule has 1 atom stereocenters. The molecule has 2 heteroatoms. The molecule has 0 spiro atoms. The molecule has 1 aromatic heterocycles. The second kappa shape index (κ2) is 4.87. The summed E-state index contributed by atoms with van der Waals surface area (Å²) in [5, 5.41) is 0. The summed E-state index contributed by atoms with van der Waals surface area (Å²) in [6.45, 7) is 4.13. The van der Waals surface area contributed by atoms with Gasteiger partial charge in [0.1, 0.15) is 11.7 Å². The molecule has 1 fully saturated rings. The maximum atomic E-state index is 9.07. The smallest absolute Gasteiger partial charge is 0.223 e. The maximum absolute atomic E-state index is 9.07. The van der Waals surface area contributed by atoms with E-state index in [9.17, 15) is 0 Å². The number of benzene rings is 1. The fraction of sp³-hybridized carbons (Fsp3) is 0.421. The lowest BCUT2D eigenvalue weighted by Gasteiger charge is -2.14. The third-order valence-corrected chi connectivity index (χ3v) is 4.95. The molecule has 2 aromatic rings. The van der Waals surface area contributed by atoms with Gasteiger partial charge in [-0.3, -0.25) is 0 Å². The molecule has 0 bridgehead atoms. The van der Waals surface area contributed by atoms with Gasteiger partial charge in [-0.1, -0.05) is 31.0 Å². The van der Waals surface area contributed by atoms with Gasteiger partial charge in [-0.25, -0.2) is 4.57 Å². The Morgan fingerprint density at radius 2 is 2.00 bits per heavy atom. The summed E-state index contributed by atoms with van der Waals surface area (Å²) < 4.78 is 21.8. The fourth-order valence-corrected chi connectivity index (χ4v) is 3.73. The van der Waals surface area contributed by atoms with Gasteiger partial charge in [0.05, 0.1) is 1.37 Å². The maximum Gasteiger partial charge on any atom is 0.250 e. The summed E-state index contributed by atoms with van der Waals surface area (Å²) in [6, 6.07) is 7.38. The number of imidazole rings is 1. The predicted molar refractivity (Wildman–Crippen MR) is 85.5 cm³/mol. The normalized spacial score (nSPS) is 26.0. The molecule has 2 nitrogen and oxygen atoms in total. The molecule has 0 N–H and O–H groups in total. The van der Waals surface area contributed by atoms with E-state index in [0.29, 0.717) is 12.2 Å². The summed E-state index contributed by atoms with van der Waals surface area (Å²) in [5.74, 6) is 0.321. The Morgan fingerprint density at radius 3 is 2.76 bits per heavy atom. The lowest BCUT2D eigenvalue weighted by molar-refractivity contribution is -0.602. The fourth-order valence-electron chi connectivity index (χ4n) is 3.73. The molecule has 21 heavy (non-hydrogen) atoms. The highest BCUT2D eigenvalue weighted by Crippen LogP contribution is 2.39. The molecular formula is C19H23N2+. The van der Waals surface area contributed by atoms with Crippen molar-refractivity contribution < 1.29 is 7.31 Å². The van der Waals surface area contributed by atoms with Crippen LogP contribution in [0.2, 0.25) is 0 Å². The molecule has 108 valence electrons. The minimum atomic E-state index is -0.790. The molecule has 1 unspecified atom stereocenters. The highest BCUT2D eigenvalue weighted by atomic mass is 15.2. The Balaban J connectivity index is 1.91. The average molecular weight is 281 g/mol. The van der Waals surface area contributed by atoms with Crippen molar-refractivity contribution in [1.29, 1.82) is 0 Å². The van der Waals surface area contributed by atoms with Crippen molar-refractivity contribution in [2.24, 2.45) is 5.92 Å². The number of aromatic nitrogens is 2. The van der Waals surface area contributed by atoms with Crippen molar-refractivity contribution in [3.63, 3.8) is 0 Å². The Hall–Kier alpha value is -1.83. The van der Waals surface area contributed by atoms with Crippen molar-refractivity contribution in [2.45, 2.75) is 45.5 Å². The molecule has 1 aliphatic carbocycles. The van der Waals surface area contributed by atoms with Crippen molar-refractivity contribution in [3.05, 3.63) is 53.6 Å². The van der Waals surface area contributed by atoms with Crippen LogP contribution in [-0.2, 0) is 0 Å². The summed E-state index contributed by atoms with van der Waals surface area (Å²) >= 11 is 0. The zero-order valence-corrected chi connectivity index (χ0v) is 12.8. The van der Waals surface area contributed by atoms with Crippen LogP contribution < -0.4 is 4.57 Å². The van der Waals surface area contributed by atoms with Gasteiger partial charge in [0.2, 0.25) is 6.30 Å². The van der Waals surface area contributed by atoms with Crippen LogP contribution in [0.15, 0.2) is 36.6 Å². The first-order valence-corrected chi connectivity index (χ1v) is 7.93. The van der Waals surface area contributed by atoms with Crippen LogP contribution in [-0.4, -0.2) is 4.57 Å². The van der Waals surface area contributed by atoms with E-state index in [1.165, 1.54) is 12.8 Å². The third-order valence-electron chi connectivity index (χ3n) is 4.95. The summed E-state index contributed by atoms with van der Waals surface area (Å²) in [5.41, 5.74) is 4.26. The quantitative estimate of drug-likeness (QED) is 0.732. The van der Waals surface area contributed by atoms with E-state index in [2.05, 4.69) is 26.0 Å². The Kier molecular flexibility index (Phi) is 2.51. The first-order valence-electron chi connectivity index (χ1n) is 8.93. The number of aryl methyl sites for hydroxylation is 1. The molecule has 2 heterocycles. The second-order valence-electron chi connectivity index (χ2n) is 6.27. The molecule has 1 aromatic carbocycles. The van der Waals surface area contributed by atoms with Gasteiger partial charge in [0.25, 0.3) is 0 Å². The van der Waals surface area contributed by atoms with Gasteiger partial charge in [0.15, 0.2) is 12.8 Å². The number of hydrogen-bond acceptors (Lipinski definition) is 0. The van der Waals surface area contributed by atoms with Gasteiger partial charge in [-0.05, 0) is 43.5 Å². The van der Waals surface area contributed by atoms with E-state index < -0.39 is 6.02 Å². The van der Waals surface area contributed by atoms with Gasteiger partial charge in [-0.15, -0.1) is 0 Å². The Bertz CT molecular complexity index is 800. The molecule has 0 radical (unpaired) electrons. The van der Waals surface area contributed by atoms with Crippen LogP contribution in [0.5, 0.6) is 0 Å². The number of hydrogen-bond donors (Lipinski definition) is 0. The summed E-state index contributed by atoms with van der Waals surface area (Å²) in [6.07, 6.45) is 9.07. The molecule has 2 aliphatic rings. The van der Waals surface area contributed by atoms with Crippen LogP contribution >= 0.6 is 0 Å². The van der Waals surface area contributed by atoms with E-state index in [1.807, 2.05) is 33.4 Å². The SMILES string of the molecule is [2H]c1n2c(c(C)[n+]1-c1ccccc1C)C=CC2([2H])C1CCCC1. The lowest BCUT2D eigenvalue weighted by Crippen LogP contribution is -2.33. The monoisotopic (exact) mass is 281 g/mol. The lowest BCUT2D eigenvalue weighted by atomic mass is 9.99. The van der Waals surface area contributed by atoms with Crippen LogP contribution in [0.4, 0.5) is 0 Å². The minimum Gasteiger partial charge on any atom is -0.223 e. The van der Waals surface area contributed by atoms with E-state index in [-0.39, 0.29) is 0 Å². The van der Waals surface area contributed by atoms with Gasteiger partial charge < -0.3 is 0 Å². The van der Waals surface area contributed by atoms with Crippen LogP contribution in [0.25, 0.3) is 11.8 Å². The minimum absolute atomic E-state index is 0.321. The number of allylic oxidation sites excluding steroid dienone is 1. The largest absolute Gasteiger partial charge is 0.250 e. The van der Waals surface area contributed by atoms with Crippen LogP contribution in [0.1, 0.15) is 51.4 Å². The predicted octanol–water partition coefficient (Wildman–Crippen LogP) is 4.14. The van der Waals surface area contributed by atoms with Crippen molar-refractivity contribution in [3.8, 4) is 5.69 Å². The van der Waals surface area contributed by atoms with Crippen molar-refractivity contribution >= 4 is 6.08 Å². The number of fused-ring (bicyclic) bond motifs is 1. The zero-order chi connectivity index (χ0) is 16.2. The highest BCUT2D eigenvalue weighted by Gasteiger charge is 2.35. The summed E-state index contributed by atoms with van der Waals surface area (Å²) in [7, 11) is 0. The first-order chi connectivity index (χ1) is 11.0. The molecular weight excluding hydrogens is 256 g/mol. The average Bonchev–Trinajstić information content (AvgIpc) is 3.22. The number of rotatable bonds is 2. The van der Waals surface area contributed by atoms with E-state index in [0.717, 1.165) is 35.5 Å². The molecule has 0 amide bonds. The first kappa shape index (κ1) is 10.8. The van der Waals surface area contributed by atoms with E-state index in [4.69, 9.17) is 2.74 Å². The third kappa shape index (κ3) is 1.97. The second-order valence-corrected chi connectivity index (χ2v) is 6.27. The highest BCUT2D eigenvalue weighted by molar-refractivity contribution is 5.52. The molecule has 0 saturated heterocycles. The van der Waals surface area contributed by atoms with Crippen LogP contribution in [0, 0.1) is 19.8 Å². The van der Waals surface area contributed by atoms with E-state index in [1.54, 1.807) is 0 Å². The zero-order valence-electron chi connectivity index (χ0n) is 14.8. The van der Waals surface area contributed by atoms with Gasteiger partial charge in [-0.2, -0.15) is 4.57 Å². The van der Waals surface area contributed by atoms with Gasteiger partial charge >= 0.3 is 0 Å². The number of para-hydroxylation sites is 1. The van der Waals surface area contributed by atoms with E-state index >= 15 is 0 Å². The topological polar surface area (TPSA) is 8.81 Å². The van der Waals surface area contributed by atoms with Crippen molar-refractivity contribution in [1.82, 2.24) is 4.57 Å². The molecule has 1 saturated carbocycles. The Labute approximate surface area is 129 Å². The van der Waals surface area contributed by atoms with Gasteiger partial charge in [0, 0.05) is 12.8 Å². The Morgan fingerprint density at radius 1 is 1.24 bits per heavy atom. The van der Waals surface area contributed by atoms with Crippen LogP contribution in [0.3, 0.4) is 0 Å². The van der Waals surface area contributed by atoms with Crippen molar-refractivity contribution in [2.75, 3.05) is 0 Å². The number of nitrogens with zero attached hydrogens (tertiary/aromatic N) is 2.